The summed E-state index contributed by atoms with van der Waals surface area (Å²) in [5.41, 5.74) is 0. The van der Waals surface area contributed by atoms with Gasteiger partial charge in [-0.25, -0.2) is 8.78 Å². The Morgan fingerprint density at radius 2 is 2.35 bits per heavy atom. The number of rotatable bonds is 8. The minimum Gasteiger partial charge on any atom is -0.379 e. The molecule has 4 nitrogen and oxygen atoms in total. The Morgan fingerprint density at radius 1 is 1.53 bits per heavy atom. The van der Waals surface area contributed by atoms with E-state index in [4.69, 9.17) is 9.47 Å². The Bertz CT molecular complexity index is 190. The lowest BCUT2D eigenvalue weighted by molar-refractivity contribution is 0.0179. The standard InChI is InChI=1S/C11H22F2N2O2/c1-9(6-10-7-16-5-3-15-10)14-2-4-17-8-11(12)13/h9-11,14-15H,2-8H2,1H3. The van der Waals surface area contributed by atoms with Crippen molar-refractivity contribution in [1.82, 2.24) is 10.6 Å². The zero-order valence-corrected chi connectivity index (χ0v) is 10.3. The molecule has 6 heteroatoms. The summed E-state index contributed by atoms with van der Waals surface area (Å²) >= 11 is 0. The second kappa shape index (κ2) is 8.74. The summed E-state index contributed by atoms with van der Waals surface area (Å²) in [5, 5.41) is 6.61. The lowest BCUT2D eigenvalue weighted by atomic mass is 10.1. The van der Waals surface area contributed by atoms with Gasteiger partial charge in [-0.3, -0.25) is 0 Å². The van der Waals surface area contributed by atoms with Gasteiger partial charge in [0.05, 0.1) is 19.8 Å². The predicted molar refractivity (Wildman–Crippen MR) is 61.5 cm³/mol. The van der Waals surface area contributed by atoms with Gasteiger partial charge in [0.2, 0.25) is 0 Å². The molecule has 1 aliphatic heterocycles. The Morgan fingerprint density at radius 3 is 3.00 bits per heavy atom. The highest BCUT2D eigenvalue weighted by Crippen LogP contribution is 2.02. The first-order chi connectivity index (χ1) is 8.18. The third-order valence-electron chi connectivity index (χ3n) is 2.62. The predicted octanol–water partition coefficient (Wildman–Crippen LogP) is 0.625. The van der Waals surface area contributed by atoms with Crippen LogP contribution >= 0.6 is 0 Å². The van der Waals surface area contributed by atoms with Crippen LogP contribution in [0.5, 0.6) is 0 Å². The number of morpholine rings is 1. The Labute approximate surface area is 101 Å². The first kappa shape index (κ1) is 14.8. The Hall–Kier alpha value is -0.300. The zero-order chi connectivity index (χ0) is 12.5. The van der Waals surface area contributed by atoms with Gasteiger partial charge in [0.15, 0.2) is 0 Å². The lowest BCUT2D eigenvalue weighted by Crippen LogP contribution is -2.45. The topological polar surface area (TPSA) is 42.5 Å². The Balaban J connectivity index is 1.95. The molecule has 1 fully saturated rings. The van der Waals surface area contributed by atoms with E-state index in [1.807, 2.05) is 0 Å². The zero-order valence-electron chi connectivity index (χ0n) is 10.3. The van der Waals surface area contributed by atoms with E-state index in [2.05, 4.69) is 17.6 Å². The van der Waals surface area contributed by atoms with E-state index in [0.29, 0.717) is 25.2 Å². The largest absolute Gasteiger partial charge is 0.379 e. The summed E-state index contributed by atoms with van der Waals surface area (Å²) in [6, 6.07) is 0.706. The minimum atomic E-state index is -2.38. The average molecular weight is 252 g/mol. The normalized spacial score (nSPS) is 22.9. The van der Waals surface area contributed by atoms with E-state index >= 15 is 0 Å². The summed E-state index contributed by atoms with van der Waals surface area (Å²) < 4.78 is 33.7. The molecule has 0 bridgehead atoms. The van der Waals surface area contributed by atoms with Crippen molar-refractivity contribution in [3.8, 4) is 0 Å². The first-order valence-electron chi connectivity index (χ1n) is 6.09. The molecule has 1 heterocycles. The highest BCUT2D eigenvalue weighted by Gasteiger charge is 2.15. The highest BCUT2D eigenvalue weighted by atomic mass is 19.3. The van der Waals surface area contributed by atoms with Crippen molar-refractivity contribution in [3.05, 3.63) is 0 Å². The maximum Gasteiger partial charge on any atom is 0.261 e. The van der Waals surface area contributed by atoms with E-state index in [1.54, 1.807) is 0 Å². The van der Waals surface area contributed by atoms with Gasteiger partial charge in [0.1, 0.15) is 6.61 Å². The molecule has 2 atom stereocenters. The van der Waals surface area contributed by atoms with Crippen LogP contribution in [0.4, 0.5) is 8.78 Å². The van der Waals surface area contributed by atoms with Crippen molar-refractivity contribution in [2.24, 2.45) is 0 Å². The molecule has 0 amide bonds. The van der Waals surface area contributed by atoms with Crippen LogP contribution in [0.1, 0.15) is 13.3 Å². The molecule has 102 valence electrons. The smallest absolute Gasteiger partial charge is 0.261 e. The third-order valence-corrected chi connectivity index (χ3v) is 2.62. The van der Waals surface area contributed by atoms with E-state index in [0.717, 1.165) is 26.2 Å². The van der Waals surface area contributed by atoms with Gasteiger partial charge in [-0.1, -0.05) is 0 Å². The number of alkyl halides is 2. The maximum absolute atomic E-state index is 11.8. The van der Waals surface area contributed by atoms with Gasteiger partial charge in [-0.2, -0.15) is 0 Å². The van der Waals surface area contributed by atoms with Crippen molar-refractivity contribution in [3.63, 3.8) is 0 Å². The second-order valence-electron chi connectivity index (χ2n) is 4.28. The van der Waals surface area contributed by atoms with Crippen LogP contribution in [-0.4, -0.2) is 58.0 Å². The summed E-state index contributed by atoms with van der Waals surface area (Å²) in [6.45, 7) is 4.94. The van der Waals surface area contributed by atoms with Crippen LogP contribution in [0.25, 0.3) is 0 Å². The van der Waals surface area contributed by atoms with E-state index in [9.17, 15) is 8.78 Å². The van der Waals surface area contributed by atoms with Crippen LogP contribution in [0.3, 0.4) is 0 Å². The SMILES string of the molecule is CC(CC1COCCN1)NCCOCC(F)F. The van der Waals surface area contributed by atoms with Crippen molar-refractivity contribution in [1.29, 1.82) is 0 Å². The molecule has 17 heavy (non-hydrogen) atoms. The molecule has 0 aromatic rings. The summed E-state index contributed by atoms with van der Waals surface area (Å²) in [4.78, 5) is 0. The summed E-state index contributed by atoms with van der Waals surface area (Å²) in [5.74, 6) is 0. The van der Waals surface area contributed by atoms with E-state index < -0.39 is 13.0 Å². The second-order valence-corrected chi connectivity index (χ2v) is 4.28. The fourth-order valence-electron chi connectivity index (χ4n) is 1.83. The molecular weight excluding hydrogens is 230 g/mol. The van der Waals surface area contributed by atoms with Crippen molar-refractivity contribution < 1.29 is 18.3 Å². The van der Waals surface area contributed by atoms with Gasteiger partial charge in [0.25, 0.3) is 6.43 Å². The molecule has 0 spiro atoms. The number of nitrogens with one attached hydrogen (secondary N) is 2. The number of hydrogen-bond acceptors (Lipinski definition) is 4. The fraction of sp³-hybridized carbons (Fsp3) is 1.00. The molecule has 1 aliphatic rings. The average Bonchev–Trinajstić information content (AvgIpc) is 2.29. The molecular formula is C11H22F2N2O2. The van der Waals surface area contributed by atoms with Crippen LogP contribution in [0, 0.1) is 0 Å². The summed E-state index contributed by atoms with van der Waals surface area (Å²) in [7, 11) is 0. The number of halogens is 2. The van der Waals surface area contributed by atoms with E-state index in [-0.39, 0.29) is 0 Å². The molecule has 0 radical (unpaired) electrons. The monoisotopic (exact) mass is 252 g/mol. The Kier molecular flexibility index (Phi) is 7.59. The highest BCUT2D eigenvalue weighted by molar-refractivity contribution is 4.75. The van der Waals surface area contributed by atoms with Gasteiger partial charge in [-0.05, 0) is 13.3 Å². The molecule has 0 saturated carbocycles. The van der Waals surface area contributed by atoms with Gasteiger partial charge in [-0.15, -0.1) is 0 Å². The maximum atomic E-state index is 11.8. The molecule has 2 unspecified atom stereocenters. The van der Waals surface area contributed by atoms with Gasteiger partial charge < -0.3 is 20.1 Å². The van der Waals surface area contributed by atoms with Crippen LogP contribution in [-0.2, 0) is 9.47 Å². The molecule has 0 aromatic heterocycles. The van der Waals surface area contributed by atoms with Crippen molar-refractivity contribution >= 4 is 0 Å². The van der Waals surface area contributed by atoms with Gasteiger partial charge >= 0.3 is 0 Å². The lowest BCUT2D eigenvalue weighted by Gasteiger charge is -2.26. The summed E-state index contributed by atoms with van der Waals surface area (Å²) in [6.07, 6.45) is -1.41. The van der Waals surface area contributed by atoms with E-state index in [1.165, 1.54) is 0 Å². The number of ether oxygens (including phenoxy) is 2. The fourth-order valence-corrected chi connectivity index (χ4v) is 1.83. The minimum absolute atomic E-state index is 0.323. The quantitative estimate of drug-likeness (QED) is 0.622. The molecule has 0 aliphatic carbocycles. The number of hydrogen-bond donors (Lipinski definition) is 2. The molecule has 2 N–H and O–H groups in total. The van der Waals surface area contributed by atoms with Crippen LogP contribution in [0.15, 0.2) is 0 Å². The first-order valence-corrected chi connectivity index (χ1v) is 6.09. The van der Waals surface area contributed by atoms with Crippen LogP contribution < -0.4 is 10.6 Å². The molecule has 1 rings (SSSR count). The van der Waals surface area contributed by atoms with Crippen molar-refractivity contribution in [2.45, 2.75) is 31.9 Å². The molecule has 1 saturated heterocycles. The van der Waals surface area contributed by atoms with Crippen LogP contribution in [0.2, 0.25) is 0 Å². The van der Waals surface area contributed by atoms with Crippen molar-refractivity contribution in [2.75, 3.05) is 39.5 Å². The molecule has 0 aromatic carbocycles. The third kappa shape index (κ3) is 7.59. The van der Waals surface area contributed by atoms with Gasteiger partial charge in [0, 0.05) is 25.2 Å².